The first-order chi connectivity index (χ1) is 17.9. The number of Topliss-reactive ketones (excluding diaryl/α,β-unsaturated/α-hetero) is 1. The molecule has 1 aliphatic heterocycles. The molecule has 0 radical (unpaired) electrons. The first-order valence-corrected chi connectivity index (χ1v) is 12.9. The first kappa shape index (κ1) is 24.5. The van der Waals surface area contributed by atoms with Crippen LogP contribution in [0.3, 0.4) is 0 Å². The van der Waals surface area contributed by atoms with E-state index in [0.29, 0.717) is 41.0 Å². The van der Waals surface area contributed by atoms with E-state index in [1.165, 1.54) is 16.2 Å². The van der Waals surface area contributed by atoms with Crippen molar-refractivity contribution in [3.63, 3.8) is 0 Å². The van der Waals surface area contributed by atoms with E-state index < -0.39 is 17.7 Å². The number of aliphatic hydroxyl groups is 1. The minimum atomic E-state index is -0.868. The normalized spacial score (nSPS) is 16.9. The number of anilines is 1. The summed E-state index contributed by atoms with van der Waals surface area (Å²) in [4.78, 5) is 33.0. The molecule has 7 nitrogen and oxygen atoms in total. The second-order valence-electron chi connectivity index (χ2n) is 8.60. The van der Waals surface area contributed by atoms with Gasteiger partial charge in [0.2, 0.25) is 0 Å². The van der Waals surface area contributed by atoms with Gasteiger partial charge < -0.3 is 14.6 Å². The number of thiazole rings is 1. The van der Waals surface area contributed by atoms with E-state index in [9.17, 15) is 14.7 Å². The van der Waals surface area contributed by atoms with Crippen molar-refractivity contribution in [2.45, 2.75) is 26.8 Å². The fourth-order valence-corrected chi connectivity index (χ4v) is 5.53. The van der Waals surface area contributed by atoms with E-state index in [-0.39, 0.29) is 11.3 Å². The molecular formula is C29H26N2O5S. The largest absolute Gasteiger partial charge is 0.507 e. The summed E-state index contributed by atoms with van der Waals surface area (Å²) in [5.41, 5.74) is 2.85. The molecule has 0 aliphatic carbocycles. The molecular weight excluding hydrogens is 488 g/mol. The quantitative estimate of drug-likeness (QED) is 0.184. The van der Waals surface area contributed by atoms with E-state index in [2.05, 4.69) is 4.98 Å². The molecule has 1 N–H and O–H groups in total. The molecule has 0 bridgehead atoms. The summed E-state index contributed by atoms with van der Waals surface area (Å²) in [7, 11) is 0. The Labute approximate surface area is 218 Å². The lowest BCUT2D eigenvalue weighted by Crippen LogP contribution is -2.29. The van der Waals surface area contributed by atoms with Crippen LogP contribution in [-0.2, 0) is 9.59 Å². The van der Waals surface area contributed by atoms with E-state index in [4.69, 9.17) is 9.47 Å². The van der Waals surface area contributed by atoms with Crippen molar-refractivity contribution in [2.24, 2.45) is 0 Å². The second kappa shape index (κ2) is 10.1. The molecule has 1 fully saturated rings. The number of amides is 1. The smallest absolute Gasteiger partial charge is 0.301 e. The monoisotopic (exact) mass is 514 g/mol. The highest BCUT2D eigenvalue weighted by atomic mass is 32.1. The van der Waals surface area contributed by atoms with E-state index in [1.54, 1.807) is 48.5 Å². The van der Waals surface area contributed by atoms with Gasteiger partial charge in [-0.15, -0.1) is 0 Å². The van der Waals surface area contributed by atoms with Gasteiger partial charge in [-0.25, -0.2) is 4.98 Å². The van der Waals surface area contributed by atoms with Crippen molar-refractivity contribution < 1.29 is 24.2 Å². The Bertz CT molecular complexity index is 1520. The summed E-state index contributed by atoms with van der Waals surface area (Å²) in [5.74, 6) is -0.549. The minimum Gasteiger partial charge on any atom is -0.507 e. The Balaban J connectivity index is 1.69. The maximum atomic E-state index is 13.5. The number of ether oxygens (including phenoxy) is 2. The number of fused-ring (bicyclic) bond motifs is 1. The van der Waals surface area contributed by atoms with Crippen LogP contribution in [0.4, 0.5) is 5.13 Å². The number of carbonyl (C=O) groups is 2. The number of rotatable bonds is 7. The van der Waals surface area contributed by atoms with Gasteiger partial charge >= 0.3 is 5.91 Å². The van der Waals surface area contributed by atoms with Crippen LogP contribution in [0.2, 0.25) is 0 Å². The number of hydrogen-bond acceptors (Lipinski definition) is 7. The number of ketones is 1. The average Bonchev–Trinajstić information content (AvgIpc) is 3.42. The van der Waals surface area contributed by atoms with Crippen LogP contribution in [0.25, 0.3) is 16.0 Å². The lowest BCUT2D eigenvalue weighted by Gasteiger charge is -2.23. The van der Waals surface area contributed by atoms with Crippen LogP contribution in [0.1, 0.15) is 36.6 Å². The molecule has 5 rings (SSSR count). The Kier molecular flexibility index (Phi) is 6.67. The average molecular weight is 515 g/mol. The van der Waals surface area contributed by atoms with Gasteiger partial charge in [-0.3, -0.25) is 14.5 Å². The molecule has 2 heterocycles. The van der Waals surface area contributed by atoms with Gasteiger partial charge in [0, 0.05) is 5.56 Å². The predicted octanol–water partition coefficient (Wildman–Crippen LogP) is 6.03. The number of nitrogens with zero attached hydrogens (tertiary/aromatic N) is 2. The van der Waals surface area contributed by atoms with Crippen molar-refractivity contribution in [1.82, 2.24) is 4.98 Å². The van der Waals surface area contributed by atoms with E-state index >= 15 is 0 Å². The van der Waals surface area contributed by atoms with Crippen LogP contribution in [-0.4, -0.2) is 35.0 Å². The topological polar surface area (TPSA) is 89.0 Å². The number of benzene rings is 3. The van der Waals surface area contributed by atoms with Crippen LogP contribution >= 0.6 is 11.3 Å². The van der Waals surface area contributed by atoms with E-state index in [0.717, 1.165) is 15.8 Å². The van der Waals surface area contributed by atoms with Gasteiger partial charge in [0.1, 0.15) is 17.3 Å². The molecule has 8 heteroatoms. The van der Waals surface area contributed by atoms with Crippen LogP contribution in [0, 0.1) is 6.92 Å². The third-order valence-electron chi connectivity index (χ3n) is 6.11. The molecule has 3 aromatic carbocycles. The summed E-state index contributed by atoms with van der Waals surface area (Å²) in [6.45, 7) is 6.72. The molecule has 1 saturated heterocycles. The molecule has 1 amide bonds. The Morgan fingerprint density at radius 3 is 2.43 bits per heavy atom. The zero-order chi connectivity index (χ0) is 26.1. The predicted molar refractivity (Wildman–Crippen MR) is 144 cm³/mol. The standard InChI is InChI=1S/C29H26N2O5S/c1-4-35-20-12-10-18(11-13-20)25-24(26(32)19-7-6-8-21(16-19)36-5-2)27(33)28(34)31(25)29-30-22-14-9-17(3)15-23(22)37-29/h6-16,25,32H,4-5H2,1-3H3. The van der Waals surface area contributed by atoms with Gasteiger partial charge in [-0.1, -0.05) is 41.7 Å². The third kappa shape index (κ3) is 4.56. The Morgan fingerprint density at radius 2 is 1.70 bits per heavy atom. The highest BCUT2D eigenvalue weighted by Gasteiger charge is 2.48. The Morgan fingerprint density at radius 1 is 0.973 bits per heavy atom. The fraction of sp³-hybridized carbons (Fsp3) is 0.207. The lowest BCUT2D eigenvalue weighted by molar-refractivity contribution is -0.132. The molecule has 1 unspecified atom stereocenters. The van der Waals surface area contributed by atoms with Crippen molar-refractivity contribution in [1.29, 1.82) is 0 Å². The molecule has 0 saturated carbocycles. The number of aryl methyl sites for hydroxylation is 1. The highest BCUT2D eigenvalue weighted by Crippen LogP contribution is 2.44. The molecule has 37 heavy (non-hydrogen) atoms. The summed E-state index contributed by atoms with van der Waals surface area (Å²) >= 11 is 1.34. The summed E-state index contributed by atoms with van der Waals surface area (Å²) in [6.07, 6.45) is 0. The van der Waals surface area contributed by atoms with Crippen molar-refractivity contribution >= 4 is 44.1 Å². The molecule has 188 valence electrons. The van der Waals surface area contributed by atoms with Crippen LogP contribution < -0.4 is 14.4 Å². The van der Waals surface area contributed by atoms with Gasteiger partial charge in [-0.2, -0.15) is 0 Å². The SMILES string of the molecule is CCOc1ccc(C2C(=C(O)c3cccc(OCC)c3)C(=O)C(=O)N2c2nc3ccc(C)cc3s2)cc1. The maximum Gasteiger partial charge on any atom is 0.301 e. The number of carbonyl (C=O) groups excluding carboxylic acids is 2. The lowest BCUT2D eigenvalue weighted by atomic mass is 9.95. The van der Waals surface area contributed by atoms with Crippen molar-refractivity contribution in [3.8, 4) is 11.5 Å². The zero-order valence-electron chi connectivity index (χ0n) is 20.7. The summed E-state index contributed by atoms with van der Waals surface area (Å²) in [5, 5.41) is 11.8. The number of hydrogen-bond donors (Lipinski definition) is 1. The number of aromatic nitrogens is 1. The third-order valence-corrected chi connectivity index (χ3v) is 7.13. The van der Waals surface area contributed by atoms with Gasteiger partial charge in [0.05, 0.1) is 35.0 Å². The first-order valence-electron chi connectivity index (χ1n) is 12.1. The van der Waals surface area contributed by atoms with Crippen LogP contribution in [0.15, 0.2) is 72.3 Å². The van der Waals surface area contributed by atoms with Crippen molar-refractivity contribution in [2.75, 3.05) is 18.1 Å². The van der Waals surface area contributed by atoms with Gasteiger partial charge in [-0.05, 0) is 68.3 Å². The van der Waals surface area contributed by atoms with Gasteiger partial charge in [0.15, 0.2) is 5.13 Å². The van der Waals surface area contributed by atoms with E-state index in [1.807, 2.05) is 39.0 Å². The molecule has 0 spiro atoms. The molecule has 1 atom stereocenters. The van der Waals surface area contributed by atoms with Crippen molar-refractivity contribution in [3.05, 3.63) is 89.0 Å². The fourth-order valence-electron chi connectivity index (χ4n) is 4.44. The van der Waals surface area contributed by atoms with Crippen LogP contribution in [0.5, 0.6) is 11.5 Å². The molecule has 4 aromatic rings. The molecule has 1 aliphatic rings. The maximum absolute atomic E-state index is 13.5. The summed E-state index contributed by atoms with van der Waals surface area (Å²) in [6, 6.07) is 19.0. The molecule has 1 aromatic heterocycles. The summed E-state index contributed by atoms with van der Waals surface area (Å²) < 4.78 is 12.1. The minimum absolute atomic E-state index is 0.00162. The Hall–Kier alpha value is -4.17. The zero-order valence-corrected chi connectivity index (χ0v) is 21.5. The second-order valence-corrected chi connectivity index (χ2v) is 9.61. The number of aliphatic hydroxyl groups excluding tert-OH is 1. The highest BCUT2D eigenvalue weighted by molar-refractivity contribution is 7.22. The van der Waals surface area contributed by atoms with Gasteiger partial charge in [0.25, 0.3) is 5.78 Å².